The Kier molecular flexibility index (Phi) is 5.83. The Morgan fingerprint density at radius 1 is 1.27 bits per heavy atom. The molecule has 0 aliphatic heterocycles. The third-order valence-electron chi connectivity index (χ3n) is 3.08. The molecule has 0 unspecified atom stereocenters. The minimum atomic E-state index is -0.175. The number of likely N-dealkylation sites (N-methyl/N-ethyl adjacent to an activating group) is 1. The van der Waals surface area contributed by atoms with E-state index in [1.165, 1.54) is 11.8 Å². The van der Waals surface area contributed by atoms with E-state index in [1.807, 2.05) is 38.1 Å². The lowest BCUT2D eigenvalue weighted by atomic mass is 10.3. The number of carbonyl (C=O) groups excluding carboxylic acids is 2. The molecule has 2 rings (SSSR count). The summed E-state index contributed by atoms with van der Waals surface area (Å²) < 4.78 is 0. The highest BCUT2D eigenvalue weighted by Crippen LogP contribution is 2.27. The van der Waals surface area contributed by atoms with Crippen LogP contribution in [0, 0.1) is 0 Å². The number of aromatic nitrogens is 2. The van der Waals surface area contributed by atoms with Crippen LogP contribution >= 0.6 is 11.8 Å². The molecule has 0 aliphatic rings. The second-order valence-corrected chi connectivity index (χ2v) is 6.15. The van der Waals surface area contributed by atoms with E-state index in [4.69, 9.17) is 0 Å². The quantitative estimate of drug-likeness (QED) is 0.723. The van der Waals surface area contributed by atoms with Crippen molar-refractivity contribution < 1.29 is 9.59 Å². The highest BCUT2D eigenvalue weighted by atomic mass is 32.2. The van der Waals surface area contributed by atoms with Crippen molar-refractivity contribution in [2.75, 3.05) is 18.8 Å². The lowest BCUT2D eigenvalue weighted by Gasteiger charge is -2.09. The summed E-state index contributed by atoms with van der Waals surface area (Å²) in [6.45, 7) is 4.42. The Bertz CT molecular complexity index is 623. The number of fused-ring (bicyclic) bond motifs is 1. The molecule has 0 saturated heterocycles. The Hall–Kier alpha value is -2.02. The number of para-hydroxylation sites is 2. The van der Waals surface area contributed by atoms with Crippen molar-refractivity contribution in [2.24, 2.45) is 0 Å². The summed E-state index contributed by atoms with van der Waals surface area (Å²) in [5, 5.41) is 5.30. The van der Waals surface area contributed by atoms with Crippen molar-refractivity contribution in [3.63, 3.8) is 0 Å². The van der Waals surface area contributed by atoms with Crippen LogP contribution in [0.4, 0.5) is 0 Å². The van der Waals surface area contributed by atoms with E-state index in [1.54, 1.807) is 0 Å². The van der Waals surface area contributed by atoms with E-state index < -0.39 is 0 Å². The topological polar surface area (TPSA) is 86.9 Å². The average molecular weight is 320 g/mol. The molecule has 1 heterocycles. The van der Waals surface area contributed by atoms with Gasteiger partial charge in [0.1, 0.15) is 5.82 Å². The van der Waals surface area contributed by atoms with Crippen molar-refractivity contribution in [3.8, 4) is 0 Å². The number of nitrogens with zero attached hydrogens (tertiary/aromatic N) is 1. The minimum Gasteiger partial charge on any atom is -0.355 e. The molecule has 1 aromatic carbocycles. The molecular weight excluding hydrogens is 300 g/mol. The molecule has 1 aromatic heterocycles. The smallest absolute Gasteiger partial charge is 0.239 e. The summed E-state index contributed by atoms with van der Waals surface area (Å²) >= 11 is 1.48. The zero-order valence-corrected chi connectivity index (χ0v) is 13.5. The molecule has 2 amide bonds. The molecule has 1 atom stereocenters. The van der Waals surface area contributed by atoms with Gasteiger partial charge in [0.25, 0.3) is 0 Å². The van der Waals surface area contributed by atoms with Gasteiger partial charge in [-0.3, -0.25) is 9.59 Å². The predicted molar refractivity (Wildman–Crippen MR) is 88.7 cm³/mol. The van der Waals surface area contributed by atoms with Crippen LogP contribution in [0.15, 0.2) is 24.3 Å². The Morgan fingerprint density at radius 3 is 2.77 bits per heavy atom. The highest BCUT2D eigenvalue weighted by Gasteiger charge is 2.13. The predicted octanol–water partition coefficient (Wildman–Crippen LogP) is 1.61. The van der Waals surface area contributed by atoms with Gasteiger partial charge in [-0.05, 0) is 26.0 Å². The van der Waals surface area contributed by atoms with Gasteiger partial charge in [-0.25, -0.2) is 4.98 Å². The van der Waals surface area contributed by atoms with Gasteiger partial charge in [-0.2, -0.15) is 0 Å². The van der Waals surface area contributed by atoms with Gasteiger partial charge in [-0.15, -0.1) is 11.8 Å². The molecule has 0 radical (unpaired) electrons. The zero-order valence-electron chi connectivity index (χ0n) is 12.7. The fourth-order valence-corrected chi connectivity index (χ4v) is 2.71. The van der Waals surface area contributed by atoms with Gasteiger partial charge in [0.05, 0.1) is 28.6 Å². The third-order valence-corrected chi connectivity index (χ3v) is 4.23. The number of hydrogen-bond donors (Lipinski definition) is 3. The Labute approximate surface area is 133 Å². The standard InChI is InChI=1S/C15H20N4O2S/c1-3-16-13(20)8-17-14(21)9-22-10(2)15-18-11-6-4-5-7-12(11)19-15/h4-7,10H,3,8-9H2,1-2H3,(H,16,20)(H,17,21)(H,18,19)/t10-/m1/s1. The third kappa shape index (κ3) is 4.49. The first-order valence-electron chi connectivity index (χ1n) is 7.19. The van der Waals surface area contributed by atoms with E-state index >= 15 is 0 Å². The summed E-state index contributed by atoms with van der Waals surface area (Å²) in [6, 6.07) is 7.82. The van der Waals surface area contributed by atoms with E-state index in [2.05, 4.69) is 20.6 Å². The van der Waals surface area contributed by atoms with Crippen molar-refractivity contribution in [3.05, 3.63) is 30.1 Å². The number of nitrogens with one attached hydrogen (secondary N) is 3. The second-order valence-electron chi connectivity index (χ2n) is 4.82. The molecule has 6 nitrogen and oxygen atoms in total. The first-order valence-corrected chi connectivity index (χ1v) is 8.24. The van der Waals surface area contributed by atoms with E-state index in [-0.39, 0.29) is 29.4 Å². The maximum absolute atomic E-state index is 11.7. The molecule has 0 aliphatic carbocycles. The van der Waals surface area contributed by atoms with Gasteiger partial charge in [0, 0.05) is 6.54 Å². The molecular formula is C15H20N4O2S. The second kappa shape index (κ2) is 7.84. The van der Waals surface area contributed by atoms with Crippen LogP contribution in [-0.2, 0) is 9.59 Å². The van der Waals surface area contributed by atoms with Crippen LogP contribution in [0.2, 0.25) is 0 Å². The maximum atomic E-state index is 11.7. The van der Waals surface area contributed by atoms with Crippen LogP contribution in [0.5, 0.6) is 0 Å². The maximum Gasteiger partial charge on any atom is 0.239 e. The largest absolute Gasteiger partial charge is 0.355 e. The van der Waals surface area contributed by atoms with Crippen LogP contribution in [0.1, 0.15) is 24.9 Å². The minimum absolute atomic E-state index is 0.0201. The molecule has 0 spiro atoms. The van der Waals surface area contributed by atoms with Crippen LogP contribution in [0.25, 0.3) is 11.0 Å². The van der Waals surface area contributed by atoms with Crippen LogP contribution in [-0.4, -0.2) is 40.6 Å². The number of carbonyl (C=O) groups is 2. The fourth-order valence-electron chi connectivity index (χ4n) is 1.93. The van der Waals surface area contributed by atoms with Crippen molar-refractivity contribution in [1.82, 2.24) is 20.6 Å². The molecule has 118 valence electrons. The summed E-state index contributed by atoms with van der Waals surface area (Å²) in [5.74, 6) is 0.811. The van der Waals surface area contributed by atoms with Crippen molar-refractivity contribution in [1.29, 1.82) is 0 Å². The summed E-state index contributed by atoms with van der Waals surface area (Å²) in [5.41, 5.74) is 1.91. The molecule has 2 aromatic rings. The van der Waals surface area contributed by atoms with Crippen molar-refractivity contribution >= 4 is 34.6 Å². The average Bonchev–Trinajstić information content (AvgIpc) is 2.95. The number of benzene rings is 1. The van der Waals surface area contributed by atoms with E-state index in [9.17, 15) is 9.59 Å². The number of H-pyrrole nitrogens is 1. The van der Waals surface area contributed by atoms with Gasteiger partial charge < -0.3 is 15.6 Å². The molecule has 3 N–H and O–H groups in total. The lowest BCUT2D eigenvalue weighted by Crippen LogP contribution is -2.37. The number of thioether (sulfide) groups is 1. The SMILES string of the molecule is CCNC(=O)CNC(=O)CS[C@H](C)c1nc2ccccc2[nH]1. The normalized spacial score (nSPS) is 12.1. The first-order chi connectivity index (χ1) is 10.6. The highest BCUT2D eigenvalue weighted by molar-refractivity contribution is 8.00. The number of hydrogen-bond acceptors (Lipinski definition) is 4. The number of imidazole rings is 1. The molecule has 7 heteroatoms. The molecule has 0 saturated carbocycles. The first kappa shape index (κ1) is 16.4. The Morgan fingerprint density at radius 2 is 2.05 bits per heavy atom. The van der Waals surface area contributed by atoms with Crippen LogP contribution in [0.3, 0.4) is 0 Å². The number of aromatic amines is 1. The van der Waals surface area contributed by atoms with Gasteiger partial charge in [0.2, 0.25) is 11.8 Å². The van der Waals surface area contributed by atoms with Gasteiger partial charge >= 0.3 is 0 Å². The Balaban J connectivity index is 1.80. The lowest BCUT2D eigenvalue weighted by molar-refractivity contribution is -0.124. The summed E-state index contributed by atoms with van der Waals surface area (Å²) in [7, 11) is 0. The molecule has 22 heavy (non-hydrogen) atoms. The summed E-state index contributed by atoms with van der Waals surface area (Å²) in [4.78, 5) is 30.8. The molecule has 0 fully saturated rings. The number of amides is 2. The fraction of sp³-hybridized carbons (Fsp3) is 0.400. The molecule has 0 bridgehead atoms. The zero-order chi connectivity index (χ0) is 15.9. The van der Waals surface area contributed by atoms with Crippen molar-refractivity contribution in [2.45, 2.75) is 19.1 Å². The van der Waals surface area contributed by atoms with E-state index in [0.717, 1.165) is 16.9 Å². The van der Waals surface area contributed by atoms with E-state index in [0.29, 0.717) is 6.54 Å². The summed E-state index contributed by atoms with van der Waals surface area (Å²) in [6.07, 6.45) is 0. The number of rotatable bonds is 7. The van der Waals surface area contributed by atoms with Gasteiger partial charge in [0.15, 0.2) is 0 Å². The monoisotopic (exact) mass is 320 g/mol. The van der Waals surface area contributed by atoms with Gasteiger partial charge in [-0.1, -0.05) is 12.1 Å². The van der Waals surface area contributed by atoms with Crippen LogP contribution < -0.4 is 10.6 Å².